The Morgan fingerprint density at radius 3 is 2.23 bits per heavy atom. The molecule has 1 amide bonds. The van der Waals surface area contributed by atoms with Crippen molar-refractivity contribution in [1.29, 1.82) is 0 Å². The first-order valence-electron chi connectivity index (χ1n) is 8.94. The first kappa shape index (κ1) is 23.3. The third kappa shape index (κ3) is 5.61. The molecule has 1 rings (SSSR count). The normalized spacial score (nSPS) is 30.5. The van der Waals surface area contributed by atoms with Crippen molar-refractivity contribution in [2.75, 3.05) is 20.8 Å². The summed E-state index contributed by atoms with van der Waals surface area (Å²) in [7, 11) is 3.06. The van der Waals surface area contributed by atoms with E-state index in [1.54, 1.807) is 34.8 Å². The molecule has 1 heterocycles. The average molecular weight is 377 g/mol. The fourth-order valence-corrected chi connectivity index (χ4v) is 2.76. The smallest absolute Gasteiger partial charge is 0.251 e. The SMILES string of the molecule is CNC(=O)C1OC(C(C)(C)OCC(C)(C)OC)C(O)C(O)[C@@H]1OC(C)C. The molecule has 8 nitrogen and oxygen atoms in total. The number of aliphatic hydroxyl groups excluding tert-OH is 2. The minimum Gasteiger partial charge on any atom is -0.387 e. The third-order valence-corrected chi connectivity index (χ3v) is 4.55. The van der Waals surface area contributed by atoms with Gasteiger partial charge in [0.05, 0.1) is 23.9 Å². The second-order valence-corrected chi connectivity index (χ2v) is 8.08. The molecule has 1 fully saturated rings. The molecule has 0 radical (unpaired) electrons. The second-order valence-electron chi connectivity index (χ2n) is 8.08. The van der Waals surface area contributed by atoms with Gasteiger partial charge in [-0.25, -0.2) is 0 Å². The molecule has 0 saturated carbocycles. The molecule has 4 unspecified atom stereocenters. The summed E-state index contributed by atoms with van der Waals surface area (Å²) in [4.78, 5) is 12.3. The van der Waals surface area contributed by atoms with E-state index in [0.717, 1.165) is 0 Å². The molecule has 5 atom stereocenters. The predicted molar refractivity (Wildman–Crippen MR) is 95.9 cm³/mol. The van der Waals surface area contributed by atoms with Gasteiger partial charge < -0.3 is 34.5 Å². The number of nitrogens with one attached hydrogen (secondary N) is 1. The van der Waals surface area contributed by atoms with Gasteiger partial charge in [0.25, 0.3) is 5.91 Å². The van der Waals surface area contributed by atoms with Crippen LogP contribution in [0.3, 0.4) is 0 Å². The second kappa shape index (κ2) is 8.95. The zero-order valence-corrected chi connectivity index (χ0v) is 17.1. The number of aliphatic hydroxyl groups is 2. The molecule has 0 aliphatic carbocycles. The number of hydrogen-bond acceptors (Lipinski definition) is 7. The van der Waals surface area contributed by atoms with Gasteiger partial charge in [0.1, 0.15) is 24.4 Å². The molecule has 8 heteroatoms. The summed E-state index contributed by atoms with van der Waals surface area (Å²) in [6.45, 7) is 11.0. The van der Waals surface area contributed by atoms with Gasteiger partial charge in [-0.3, -0.25) is 4.79 Å². The van der Waals surface area contributed by atoms with Crippen LogP contribution in [0.15, 0.2) is 0 Å². The fraction of sp³-hybridized carbons (Fsp3) is 0.944. The number of amides is 1. The number of rotatable bonds is 8. The third-order valence-electron chi connectivity index (χ3n) is 4.55. The number of carbonyl (C=O) groups is 1. The first-order valence-corrected chi connectivity index (χ1v) is 8.94. The van der Waals surface area contributed by atoms with Crippen molar-refractivity contribution < 1.29 is 34.0 Å². The van der Waals surface area contributed by atoms with E-state index >= 15 is 0 Å². The Balaban J connectivity index is 3.03. The Morgan fingerprint density at radius 1 is 1.19 bits per heavy atom. The summed E-state index contributed by atoms with van der Waals surface area (Å²) < 4.78 is 22.8. The lowest BCUT2D eigenvalue weighted by Crippen LogP contribution is -2.67. The number of hydrogen-bond donors (Lipinski definition) is 3. The maximum absolute atomic E-state index is 12.3. The highest BCUT2D eigenvalue weighted by molar-refractivity contribution is 5.81. The van der Waals surface area contributed by atoms with E-state index in [1.807, 2.05) is 13.8 Å². The molecule has 0 bridgehead atoms. The summed E-state index contributed by atoms with van der Waals surface area (Å²) >= 11 is 0. The lowest BCUT2D eigenvalue weighted by Gasteiger charge is -2.48. The number of likely N-dealkylation sites (N-methyl/N-ethyl adjacent to an activating group) is 1. The maximum atomic E-state index is 12.3. The highest BCUT2D eigenvalue weighted by atomic mass is 16.6. The summed E-state index contributed by atoms with van der Waals surface area (Å²) in [5.41, 5.74) is -1.51. The molecule has 154 valence electrons. The number of methoxy groups -OCH3 is 1. The quantitative estimate of drug-likeness (QED) is 0.556. The van der Waals surface area contributed by atoms with Crippen LogP contribution in [0.5, 0.6) is 0 Å². The Morgan fingerprint density at radius 2 is 1.77 bits per heavy atom. The first-order chi connectivity index (χ1) is 11.9. The molecule has 0 aromatic heterocycles. The average Bonchev–Trinajstić information content (AvgIpc) is 2.56. The van der Waals surface area contributed by atoms with Crippen LogP contribution in [0.2, 0.25) is 0 Å². The molecule has 1 aliphatic heterocycles. The maximum Gasteiger partial charge on any atom is 0.251 e. The van der Waals surface area contributed by atoms with Crippen LogP contribution < -0.4 is 5.32 Å². The predicted octanol–water partition coefficient (Wildman–Crippen LogP) is 0.235. The van der Waals surface area contributed by atoms with Crippen LogP contribution in [-0.2, 0) is 23.7 Å². The van der Waals surface area contributed by atoms with Crippen molar-refractivity contribution in [2.24, 2.45) is 0 Å². The standard InChI is InChI=1S/C18H35NO7/c1-10(2)25-13-11(20)12(21)15(26-14(13)16(22)19-7)18(5,6)24-9-17(3,4)23-8/h10-15,20-21H,9H2,1-8H3,(H,19,22)/t11?,12?,13-,14?,15?/m0/s1. The largest absolute Gasteiger partial charge is 0.387 e. The van der Waals surface area contributed by atoms with Crippen LogP contribution in [0, 0.1) is 0 Å². The Kier molecular flexibility index (Phi) is 8.01. The Bertz CT molecular complexity index is 466. The van der Waals surface area contributed by atoms with Crippen LogP contribution in [0.4, 0.5) is 0 Å². The zero-order valence-electron chi connectivity index (χ0n) is 17.1. The van der Waals surface area contributed by atoms with Crippen molar-refractivity contribution in [2.45, 2.75) is 89.4 Å². The van der Waals surface area contributed by atoms with Gasteiger partial charge in [-0.05, 0) is 41.5 Å². The highest BCUT2D eigenvalue weighted by Crippen LogP contribution is 2.33. The lowest BCUT2D eigenvalue weighted by atomic mass is 9.86. The summed E-state index contributed by atoms with van der Waals surface area (Å²) in [6.07, 6.45) is -5.80. The van der Waals surface area contributed by atoms with E-state index in [-0.39, 0.29) is 12.7 Å². The minimum absolute atomic E-state index is 0.246. The fourth-order valence-electron chi connectivity index (χ4n) is 2.76. The molecule has 26 heavy (non-hydrogen) atoms. The molecule has 0 aromatic carbocycles. The van der Waals surface area contributed by atoms with E-state index in [1.165, 1.54) is 7.05 Å². The van der Waals surface area contributed by atoms with E-state index in [2.05, 4.69) is 5.32 Å². The van der Waals surface area contributed by atoms with Gasteiger partial charge in [-0.2, -0.15) is 0 Å². The monoisotopic (exact) mass is 377 g/mol. The van der Waals surface area contributed by atoms with E-state index < -0.39 is 47.6 Å². The highest BCUT2D eigenvalue weighted by Gasteiger charge is 2.53. The summed E-state index contributed by atoms with van der Waals surface area (Å²) in [6, 6.07) is 0. The molecule has 3 N–H and O–H groups in total. The van der Waals surface area contributed by atoms with Gasteiger partial charge >= 0.3 is 0 Å². The summed E-state index contributed by atoms with van der Waals surface area (Å²) in [5.74, 6) is -0.431. The molecule has 0 aromatic rings. The summed E-state index contributed by atoms with van der Waals surface area (Å²) in [5, 5.41) is 23.7. The van der Waals surface area contributed by atoms with Crippen molar-refractivity contribution in [3.8, 4) is 0 Å². The van der Waals surface area contributed by atoms with Gasteiger partial charge in [-0.15, -0.1) is 0 Å². The van der Waals surface area contributed by atoms with Crippen molar-refractivity contribution >= 4 is 5.91 Å². The van der Waals surface area contributed by atoms with Crippen LogP contribution >= 0.6 is 0 Å². The van der Waals surface area contributed by atoms with Crippen LogP contribution in [-0.4, -0.2) is 84.7 Å². The van der Waals surface area contributed by atoms with Gasteiger partial charge in [0, 0.05) is 14.2 Å². The zero-order chi connectivity index (χ0) is 20.3. The molecule has 1 saturated heterocycles. The van der Waals surface area contributed by atoms with Crippen LogP contribution in [0.25, 0.3) is 0 Å². The van der Waals surface area contributed by atoms with Crippen molar-refractivity contribution in [3.05, 3.63) is 0 Å². The van der Waals surface area contributed by atoms with Crippen molar-refractivity contribution in [3.63, 3.8) is 0 Å². The molecular weight excluding hydrogens is 342 g/mol. The van der Waals surface area contributed by atoms with E-state index in [0.29, 0.717) is 0 Å². The van der Waals surface area contributed by atoms with E-state index in [4.69, 9.17) is 18.9 Å². The van der Waals surface area contributed by atoms with Gasteiger partial charge in [0.2, 0.25) is 0 Å². The number of ether oxygens (including phenoxy) is 4. The van der Waals surface area contributed by atoms with Crippen molar-refractivity contribution in [1.82, 2.24) is 5.32 Å². The lowest BCUT2D eigenvalue weighted by molar-refractivity contribution is -0.277. The van der Waals surface area contributed by atoms with Gasteiger partial charge in [0.15, 0.2) is 6.10 Å². The van der Waals surface area contributed by atoms with Crippen LogP contribution in [0.1, 0.15) is 41.5 Å². The molecule has 0 spiro atoms. The number of carbonyl (C=O) groups excluding carboxylic acids is 1. The van der Waals surface area contributed by atoms with Gasteiger partial charge in [-0.1, -0.05) is 0 Å². The topological polar surface area (TPSA) is 106 Å². The van der Waals surface area contributed by atoms with E-state index in [9.17, 15) is 15.0 Å². The Hall–Kier alpha value is -0.770. The minimum atomic E-state index is -1.29. The molecular formula is C18H35NO7. The Labute approximate surface area is 156 Å². The molecule has 1 aliphatic rings.